The molecule has 15 heavy (non-hydrogen) atoms. The van der Waals surface area contributed by atoms with Gasteiger partial charge in [-0.3, -0.25) is 4.79 Å². The fraction of sp³-hybridized carbons (Fsp3) is 0.833. The minimum absolute atomic E-state index is 0.0962. The lowest BCUT2D eigenvalue weighted by Gasteiger charge is -2.61. The zero-order valence-electron chi connectivity index (χ0n) is 9.53. The van der Waals surface area contributed by atoms with Crippen LogP contribution in [-0.4, -0.2) is 16.7 Å². The van der Waals surface area contributed by atoms with Crippen molar-refractivity contribution in [3.05, 3.63) is 0 Å². The van der Waals surface area contributed by atoms with E-state index in [0.29, 0.717) is 11.3 Å². The lowest BCUT2D eigenvalue weighted by Crippen LogP contribution is -2.57. The molecule has 2 nitrogen and oxygen atoms in total. The number of fused-ring (bicyclic) bond motifs is 2. The maximum Gasteiger partial charge on any atom is 0.186 e. The second kappa shape index (κ2) is 3.62. The maximum absolute atomic E-state index is 11.2. The molecule has 2 bridgehead atoms. The molecule has 0 aromatic rings. The van der Waals surface area contributed by atoms with Crippen LogP contribution in [0.1, 0.15) is 33.6 Å². The molecule has 4 atom stereocenters. The van der Waals surface area contributed by atoms with Gasteiger partial charge in [0.15, 0.2) is 5.12 Å². The summed E-state index contributed by atoms with van der Waals surface area (Å²) in [5, 5.41) is 0.391. The van der Waals surface area contributed by atoms with Crippen molar-refractivity contribution >= 4 is 23.2 Å². The first kappa shape index (κ1) is 11.2. The van der Waals surface area contributed by atoms with E-state index in [4.69, 9.17) is 0 Å². The number of aldehydes is 1. The summed E-state index contributed by atoms with van der Waals surface area (Å²) in [6.45, 7) is 6.12. The van der Waals surface area contributed by atoms with Crippen LogP contribution in [0.2, 0.25) is 0 Å². The van der Waals surface area contributed by atoms with Gasteiger partial charge >= 0.3 is 0 Å². The molecule has 3 heteroatoms. The molecule has 0 saturated heterocycles. The summed E-state index contributed by atoms with van der Waals surface area (Å²) in [4.78, 5) is 22.3. The van der Waals surface area contributed by atoms with Gasteiger partial charge in [-0.25, -0.2) is 0 Å². The molecule has 0 aliphatic heterocycles. The fourth-order valence-electron chi connectivity index (χ4n) is 3.33. The van der Waals surface area contributed by atoms with Crippen molar-refractivity contribution < 1.29 is 9.59 Å². The summed E-state index contributed by atoms with van der Waals surface area (Å²) < 4.78 is 0. The number of thioether (sulfide) groups is 1. The monoisotopic (exact) mass is 226 g/mol. The minimum Gasteiger partial charge on any atom is -0.303 e. The van der Waals surface area contributed by atoms with Gasteiger partial charge in [0.25, 0.3) is 0 Å². The normalized spacial score (nSPS) is 41.8. The molecule has 3 fully saturated rings. The Bertz CT molecular complexity index is 298. The van der Waals surface area contributed by atoms with Crippen molar-refractivity contribution in [3.63, 3.8) is 0 Å². The van der Waals surface area contributed by atoms with Crippen LogP contribution in [0.15, 0.2) is 0 Å². The number of hydrogen-bond acceptors (Lipinski definition) is 3. The van der Waals surface area contributed by atoms with Crippen molar-refractivity contribution in [3.8, 4) is 0 Å². The van der Waals surface area contributed by atoms with Gasteiger partial charge in [0, 0.05) is 18.1 Å². The van der Waals surface area contributed by atoms with Gasteiger partial charge < -0.3 is 4.79 Å². The molecule has 0 N–H and O–H groups in total. The summed E-state index contributed by atoms with van der Waals surface area (Å²) in [6.07, 6.45) is 3.31. The highest BCUT2D eigenvalue weighted by atomic mass is 32.2. The third-order valence-electron chi connectivity index (χ3n) is 4.43. The highest BCUT2D eigenvalue weighted by molar-refractivity contribution is 8.14. The lowest BCUT2D eigenvalue weighted by molar-refractivity contribution is -0.133. The van der Waals surface area contributed by atoms with E-state index in [-0.39, 0.29) is 16.3 Å². The lowest BCUT2D eigenvalue weighted by atomic mass is 9.45. The SMILES string of the molecule is CC(=O)S[C@H]1C[C@H]2C[C@@H]([C@@H]1C=O)C2(C)C. The van der Waals surface area contributed by atoms with Crippen molar-refractivity contribution in [2.75, 3.05) is 0 Å². The van der Waals surface area contributed by atoms with Gasteiger partial charge in [-0.15, -0.1) is 0 Å². The molecule has 0 aromatic heterocycles. The van der Waals surface area contributed by atoms with E-state index >= 15 is 0 Å². The van der Waals surface area contributed by atoms with Crippen LogP contribution in [0, 0.1) is 23.2 Å². The average Bonchev–Trinajstić information content (AvgIpc) is 2.16. The molecule has 3 saturated carbocycles. The highest BCUT2D eigenvalue weighted by Gasteiger charge is 2.57. The van der Waals surface area contributed by atoms with Gasteiger partial charge in [0.05, 0.1) is 0 Å². The summed E-state index contributed by atoms with van der Waals surface area (Å²) in [5.41, 5.74) is 0.319. The zero-order valence-corrected chi connectivity index (χ0v) is 10.3. The van der Waals surface area contributed by atoms with E-state index in [0.717, 1.165) is 18.6 Å². The second-order valence-corrected chi connectivity index (χ2v) is 6.87. The highest BCUT2D eigenvalue weighted by Crippen LogP contribution is 2.62. The summed E-state index contributed by atoms with van der Waals surface area (Å²) in [6, 6.07) is 0. The van der Waals surface area contributed by atoms with Crippen LogP contribution in [-0.2, 0) is 9.59 Å². The molecular formula is C12H18O2S. The topological polar surface area (TPSA) is 34.1 Å². The first-order valence-corrected chi connectivity index (χ1v) is 6.47. The molecular weight excluding hydrogens is 208 g/mol. The molecule has 0 radical (unpaired) electrons. The van der Waals surface area contributed by atoms with E-state index < -0.39 is 0 Å². The Morgan fingerprint density at radius 2 is 2.07 bits per heavy atom. The largest absolute Gasteiger partial charge is 0.303 e. The van der Waals surface area contributed by atoms with Gasteiger partial charge in [-0.1, -0.05) is 25.6 Å². The smallest absolute Gasteiger partial charge is 0.186 e. The Kier molecular flexibility index (Phi) is 2.70. The molecule has 3 rings (SSSR count). The first-order chi connectivity index (χ1) is 6.96. The molecule has 0 aromatic carbocycles. The quantitative estimate of drug-likeness (QED) is 0.678. The molecule has 84 valence electrons. The van der Waals surface area contributed by atoms with E-state index in [2.05, 4.69) is 13.8 Å². The zero-order chi connectivity index (χ0) is 11.2. The van der Waals surface area contributed by atoms with Crippen molar-refractivity contribution in [2.24, 2.45) is 23.2 Å². The van der Waals surface area contributed by atoms with Crippen LogP contribution in [0.4, 0.5) is 0 Å². The third-order valence-corrected chi connectivity index (χ3v) is 5.57. The van der Waals surface area contributed by atoms with E-state index in [1.807, 2.05) is 0 Å². The van der Waals surface area contributed by atoms with E-state index in [1.165, 1.54) is 18.2 Å². The predicted molar refractivity (Wildman–Crippen MR) is 61.6 cm³/mol. The van der Waals surface area contributed by atoms with Crippen LogP contribution < -0.4 is 0 Å². The number of rotatable bonds is 2. The Balaban J connectivity index is 2.12. The second-order valence-electron chi connectivity index (χ2n) is 5.46. The standard InChI is InChI=1S/C12H18O2S/c1-7(14)15-11-5-8-4-10(9(11)6-13)12(8,2)3/h6,8-11H,4-5H2,1-3H3/t8-,9+,10+,11+/m1/s1. The molecule has 0 amide bonds. The first-order valence-electron chi connectivity index (χ1n) is 5.59. The third kappa shape index (κ3) is 1.65. The van der Waals surface area contributed by atoms with Crippen LogP contribution in [0.25, 0.3) is 0 Å². The van der Waals surface area contributed by atoms with Crippen molar-refractivity contribution in [2.45, 2.75) is 38.9 Å². The molecule has 3 aliphatic rings. The Hall–Kier alpha value is -0.310. The predicted octanol–water partition coefficient (Wildman–Crippen LogP) is 2.52. The molecule has 0 unspecified atom stereocenters. The Morgan fingerprint density at radius 3 is 2.53 bits per heavy atom. The Labute approximate surface area is 95.2 Å². The maximum atomic E-state index is 11.2. The van der Waals surface area contributed by atoms with E-state index in [9.17, 15) is 9.59 Å². The molecule has 0 spiro atoms. The van der Waals surface area contributed by atoms with Gasteiger partial charge in [0.2, 0.25) is 0 Å². The minimum atomic E-state index is 0.0962. The molecule has 0 heterocycles. The van der Waals surface area contributed by atoms with Gasteiger partial charge in [-0.2, -0.15) is 0 Å². The fourth-order valence-corrected chi connectivity index (χ4v) is 4.49. The number of hydrogen-bond donors (Lipinski definition) is 0. The molecule has 3 aliphatic carbocycles. The summed E-state index contributed by atoms with van der Waals surface area (Å²) in [7, 11) is 0. The van der Waals surface area contributed by atoms with Gasteiger partial charge in [0.1, 0.15) is 6.29 Å². The van der Waals surface area contributed by atoms with Crippen molar-refractivity contribution in [1.82, 2.24) is 0 Å². The number of carbonyl (C=O) groups excluding carboxylic acids is 2. The van der Waals surface area contributed by atoms with E-state index in [1.54, 1.807) is 6.92 Å². The van der Waals surface area contributed by atoms with Crippen molar-refractivity contribution in [1.29, 1.82) is 0 Å². The van der Waals surface area contributed by atoms with Gasteiger partial charge in [-0.05, 0) is 30.1 Å². The average molecular weight is 226 g/mol. The number of carbonyl (C=O) groups is 2. The Morgan fingerprint density at radius 1 is 1.40 bits per heavy atom. The summed E-state index contributed by atoms with van der Waals surface area (Å²) in [5.74, 6) is 1.32. The van der Waals surface area contributed by atoms with Crippen LogP contribution in [0.5, 0.6) is 0 Å². The summed E-state index contributed by atoms with van der Waals surface area (Å²) >= 11 is 1.37. The van der Waals surface area contributed by atoms with Crippen LogP contribution >= 0.6 is 11.8 Å². The van der Waals surface area contributed by atoms with Crippen LogP contribution in [0.3, 0.4) is 0 Å².